The van der Waals surface area contributed by atoms with E-state index < -0.39 is 11.2 Å². The topological polar surface area (TPSA) is 65.4 Å². The van der Waals surface area contributed by atoms with Crippen LogP contribution in [0.5, 0.6) is 0 Å². The van der Waals surface area contributed by atoms with Crippen molar-refractivity contribution in [2.24, 2.45) is 7.05 Å². The molecule has 0 spiro atoms. The van der Waals surface area contributed by atoms with Gasteiger partial charge in [-0.2, -0.15) is 0 Å². The monoisotopic (exact) mass is 387 g/mol. The van der Waals surface area contributed by atoms with Crippen LogP contribution in [-0.2, 0) is 26.9 Å². The van der Waals surface area contributed by atoms with E-state index in [-0.39, 0.29) is 12.6 Å². The number of rotatable bonds is 4. The number of nitrogens with zero attached hydrogens (tertiary/aromatic N) is 2. The predicted octanol–water partition coefficient (Wildman–Crippen LogP) is 2.51. The fraction of sp³-hybridized carbons (Fsp3) is 0.750. The van der Waals surface area contributed by atoms with Crippen LogP contribution >= 0.6 is 15.9 Å². The Morgan fingerprint density at radius 2 is 2.17 bits per heavy atom. The Bertz CT molecular complexity index is 543. The molecular formula is C16H26BrN3O3. The van der Waals surface area contributed by atoms with Gasteiger partial charge in [0, 0.05) is 13.2 Å². The summed E-state index contributed by atoms with van der Waals surface area (Å²) < 4.78 is 14.2. The second-order valence-corrected chi connectivity index (χ2v) is 7.78. The molecule has 2 rings (SSSR count). The Labute approximate surface area is 146 Å². The lowest BCUT2D eigenvalue weighted by molar-refractivity contribution is -0.169. The molecule has 1 unspecified atom stereocenters. The summed E-state index contributed by atoms with van der Waals surface area (Å²) in [5, 5.41) is 3.38. The molecule has 0 bridgehead atoms. The molecular weight excluding hydrogens is 362 g/mol. The van der Waals surface area contributed by atoms with Gasteiger partial charge in [-0.25, -0.2) is 9.78 Å². The average Bonchev–Trinajstić information content (AvgIpc) is 2.64. The summed E-state index contributed by atoms with van der Waals surface area (Å²) in [6, 6.07) is 0. The number of aromatic nitrogens is 2. The minimum atomic E-state index is -0.568. The van der Waals surface area contributed by atoms with E-state index in [2.05, 4.69) is 26.2 Å². The lowest BCUT2D eigenvalue weighted by Gasteiger charge is -2.32. The van der Waals surface area contributed by atoms with Gasteiger partial charge in [0.1, 0.15) is 28.2 Å². The van der Waals surface area contributed by atoms with Gasteiger partial charge < -0.3 is 19.4 Å². The normalized spacial score (nSPS) is 22.7. The Morgan fingerprint density at radius 3 is 2.78 bits per heavy atom. The average molecular weight is 388 g/mol. The molecule has 1 aromatic heterocycles. The van der Waals surface area contributed by atoms with E-state index in [1.54, 1.807) is 0 Å². The zero-order valence-corrected chi connectivity index (χ0v) is 15.9. The van der Waals surface area contributed by atoms with Crippen molar-refractivity contribution < 1.29 is 14.3 Å². The highest BCUT2D eigenvalue weighted by atomic mass is 79.9. The number of hydrogen-bond donors (Lipinski definition) is 1. The molecule has 1 aliphatic heterocycles. The van der Waals surface area contributed by atoms with Crippen LogP contribution in [0.1, 0.15) is 45.9 Å². The molecule has 1 aromatic rings. The van der Waals surface area contributed by atoms with Gasteiger partial charge in [0.15, 0.2) is 0 Å². The molecule has 0 radical (unpaired) electrons. The van der Waals surface area contributed by atoms with Crippen LogP contribution < -0.4 is 5.32 Å². The molecule has 2 heterocycles. The van der Waals surface area contributed by atoms with Crippen LogP contribution in [0.15, 0.2) is 10.8 Å². The van der Waals surface area contributed by atoms with Crippen molar-refractivity contribution in [2.75, 3.05) is 19.7 Å². The van der Waals surface area contributed by atoms with Crippen molar-refractivity contribution >= 4 is 21.9 Å². The molecule has 1 aliphatic rings. The van der Waals surface area contributed by atoms with Crippen molar-refractivity contribution in [3.05, 3.63) is 16.6 Å². The summed E-state index contributed by atoms with van der Waals surface area (Å²) in [5.74, 6) is 0.499. The number of imidazole rings is 1. The molecule has 130 valence electrons. The number of esters is 1. The maximum absolute atomic E-state index is 12.1. The molecule has 1 fully saturated rings. The van der Waals surface area contributed by atoms with Crippen LogP contribution in [0.25, 0.3) is 0 Å². The van der Waals surface area contributed by atoms with Crippen molar-refractivity contribution in [1.82, 2.24) is 14.9 Å². The van der Waals surface area contributed by atoms with E-state index in [0.29, 0.717) is 0 Å². The zero-order valence-electron chi connectivity index (χ0n) is 14.3. The maximum atomic E-state index is 12.1. The number of aryl methyl sites for hydroxylation is 1. The Balaban J connectivity index is 2.17. The standard InChI is InChI=1S/C16H26BrN3O3/c1-15(2,3)23-13(21)11-22-16(6-5-8-18-9-7-16)14-19-12(17)10-20(14)4/h10,18H,5-9,11H2,1-4H3. The highest BCUT2D eigenvalue weighted by molar-refractivity contribution is 9.10. The summed E-state index contributed by atoms with van der Waals surface area (Å²) in [5.41, 5.74) is -1.08. The van der Waals surface area contributed by atoms with Gasteiger partial charge in [0.2, 0.25) is 0 Å². The SMILES string of the molecule is Cn1cc(Br)nc1C1(OCC(=O)OC(C)(C)C)CCCNCC1. The van der Waals surface area contributed by atoms with Crippen LogP contribution in [0.4, 0.5) is 0 Å². The number of ether oxygens (including phenoxy) is 2. The fourth-order valence-corrected chi connectivity index (χ4v) is 3.37. The van der Waals surface area contributed by atoms with Gasteiger partial charge in [-0.3, -0.25) is 0 Å². The maximum Gasteiger partial charge on any atom is 0.332 e. The van der Waals surface area contributed by atoms with E-state index in [9.17, 15) is 4.79 Å². The minimum absolute atomic E-state index is 0.0677. The summed E-state index contributed by atoms with van der Waals surface area (Å²) >= 11 is 3.42. The number of carbonyl (C=O) groups excluding carboxylic acids is 1. The van der Waals surface area contributed by atoms with Crippen LogP contribution in [-0.4, -0.2) is 40.8 Å². The van der Waals surface area contributed by atoms with E-state index in [4.69, 9.17) is 9.47 Å². The van der Waals surface area contributed by atoms with Crippen molar-refractivity contribution in [2.45, 2.75) is 51.2 Å². The van der Waals surface area contributed by atoms with E-state index >= 15 is 0 Å². The summed E-state index contributed by atoms with van der Waals surface area (Å²) in [4.78, 5) is 16.6. The third-order valence-corrected chi connectivity index (χ3v) is 4.16. The van der Waals surface area contributed by atoms with Crippen molar-refractivity contribution in [3.63, 3.8) is 0 Å². The smallest absolute Gasteiger partial charge is 0.332 e. The number of halogens is 1. The first-order valence-corrected chi connectivity index (χ1v) is 8.77. The van der Waals surface area contributed by atoms with Crippen LogP contribution in [0.2, 0.25) is 0 Å². The minimum Gasteiger partial charge on any atom is -0.458 e. The molecule has 23 heavy (non-hydrogen) atoms. The number of carbonyl (C=O) groups is 1. The second-order valence-electron chi connectivity index (χ2n) is 6.97. The number of hydrogen-bond acceptors (Lipinski definition) is 5. The van der Waals surface area contributed by atoms with Gasteiger partial charge >= 0.3 is 5.97 Å². The lowest BCUT2D eigenvalue weighted by Crippen LogP contribution is -2.37. The summed E-state index contributed by atoms with van der Waals surface area (Å²) in [7, 11) is 1.95. The van der Waals surface area contributed by atoms with Gasteiger partial charge in [-0.05, 0) is 69.1 Å². The van der Waals surface area contributed by atoms with Crippen LogP contribution in [0, 0.1) is 0 Å². The zero-order chi connectivity index (χ0) is 17.1. The molecule has 7 heteroatoms. The molecule has 0 aromatic carbocycles. The molecule has 1 N–H and O–H groups in total. The second kappa shape index (κ2) is 7.32. The predicted molar refractivity (Wildman–Crippen MR) is 91.1 cm³/mol. The van der Waals surface area contributed by atoms with E-state index in [0.717, 1.165) is 42.8 Å². The first-order valence-electron chi connectivity index (χ1n) is 7.98. The van der Waals surface area contributed by atoms with E-state index in [1.165, 1.54) is 0 Å². The van der Waals surface area contributed by atoms with Gasteiger partial charge in [0.25, 0.3) is 0 Å². The van der Waals surface area contributed by atoms with Gasteiger partial charge in [-0.1, -0.05) is 0 Å². The number of nitrogens with one attached hydrogen (secondary N) is 1. The first-order chi connectivity index (χ1) is 10.7. The third kappa shape index (κ3) is 5.02. The molecule has 6 nitrogen and oxygen atoms in total. The molecule has 0 saturated carbocycles. The molecule has 1 saturated heterocycles. The summed E-state index contributed by atoms with van der Waals surface area (Å²) in [6.45, 7) is 7.27. The van der Waals surface area contributed by atoms with Crippen molar-refractivity contribution in [3.8, 4) is 0 Å². The van der Waals surface area contributed by atoms with Crippen LogP contribution in [0.3, 0.4) is 0 Å². The highest BCUT2D eigenvalue weighted by Crippen LogP contribution is 2.35. The first kappa shape index (κ1) is 18.4. The van der Waals surface area contributed by atoms with Gasteiger partial charge in [-0.15, -0.1) is 0 Å². The van der Waals surface area contributed by atoms with Gasteiger partial charge in [0.05, 0.1) is 0 Å². The molecule has 1 atom stereocenters. The largest absolute Gasteiger partial charge is 0.458 e. The highest BCUT2D eigenvalue weighted by Gasteiger charge is 2.39. The third-order valence-electron chi connectivity index (χ3n) is 3.78. The quantitative estimate of drug-likeness (QED) is 0.803. The molecule has 0 aliphatic carbocycles. The Morgan fingerprint density at radius 1 is 1.43 bits per heavy atom. The molecule has 0 amide bonds. The van der Waals surface area contributed by atoms with E-state index in [1.807, 2.05) is 38.6 Å². The summed E-state index contributed by atoms with van der Waals surface area (Å²) in [6.07, 6.45) is 4.47. The Kier molecular flexibility index (Phi) is 5.86. The fourth-order valence-electron chi connectivity index (χ4n) is 2.89. The lowest BCUT2D eigenvalue weighted by atomic mass is 9.93. The van der Waals surface area contributed by atoms with Crippen molar-refractivity contribution in [1.29, 1.82) is 0 Å². The Hall–Kier alpha value is -0.920.